The molecule has 0 bridgehead atoms. The van der Waals surface area contributed by atoms with E-state index in [0.717, 1.165) is 18.0 Å². The number of halogens is 3. The van der Waals surface area contributed by atoms with Gasteiger partial charge in [-0.15, -0.1) is 0 Å². The first-order valence-corrected chi connectivity index (χ1v) is 8.87. The maximum Gasteiger partial charge on any atom is 0.446 e. The zero-order chi connectivity index (χ0) is 19.3. The molecule has 2 N–H and O–H groups in total. The Bertz CT molecular complexity index is 663. The molecule has 13 heteroatoms. The van der Waals surface area contributed by atoms with Crippen LogP contribution in [0.2, 0.25) is 0 Å². The predicted octanol–water partition coefficient (Wildman–Crippen LogP) is 2.56. The van der Waals surface area contributed by atoms with E-state index < -0.39 is 41.9 Å². The zero-order valence-electron chi connectivity index (χ0n) is 13.3. The molecule has 0 spiro atoms. The van der Waals surface area contributed by atoms with Gasteiger partial charge in [0.25, 0.3) is 0 Å². The minimum atomic E-state index is -4.44. The lowest BCUT2D eigenvalue weighted by Crippen LogP contribution is -2.57. The van der Waals surface area contributed by atoms with Gasteiger partial charge in [0, 0.05) is 34.2 Å². The van der Waals surface area contributed by atoms with Gasteiger partial charge in [-0.2, -0.15) is 13.2 Å². The van der Waals surface area contributed by atoms with Crippen LogP contribution in [0.15, 0.2) is 33.4 Å². The molecule has 1 fully saturated rings. The van der Waals surface area contributed by atoms with Crippen molar-refractivity contribution >= 4 is 23.5 Å². The summed E-state index contributed by atoms with van der Waals surface area (Å²) in [4.78, 5) is 6.71. The van der Waals surface area contributed by atoms with Crippen LogP contribution in [0.1, 0.15) is 0 Å². The second-order valence-electron chi connectivity index (χ2n) is 5.13. The van der Waals surface area contributed by atoms with Gasteiger partial charge in [0.05, 0.1) is 18.8 Å². The lowest BCUT2D eigenvalue weighted by molar-refractivity contribution is -0.167. The molecular formula is C13H15F3N4O4S2. The van der Waals surface area contributed by atoms with Crippen molar-refractivity contribution in [3.8, 4) is 0 Å². The fourth-order valence-electron chi connectivity index (χ4n) is 2.38. The van der Waals surface area contributed by atoms with Crippen LogP contribution in [0.4, 0.5) is 13.2 Å². The van der Waals surface area contributed by atoms with Gasteiger partial charge in [-0.05, 0) is 23.4 Å². The molecule has 1 aromatic rings. The standard InChI is InChI=1S/C13H15F3N4O4S2/c1-23-11-9(19-20-17)10(22)8(5-21)24-12(11)25-6-2-7(4-18-3-6)26-13(14,15)16/h2-4,8-12,21-22H,5H2,1H3/t8?,9-,10-,11?,12+/m0/s1. The monoisotopic (exact) mass is 412 g/mol. The molecule has 1 saturated heterocycles. The van der Waals surface area contributed by atoms with Crippen LogP contribution < -0.4 is 0 Å². The number of nitrogens with zero attached hydrogens (tertiary/aromatic N) is 4. The van der Waals surface area contributed by atoms with Crippen LogP contribution in [0.3, 0.4) is 0 Å². The van der Waals surface area contributed by atoms with Gasteiger partial charge >= 0.3 is 5.51 Å². The Kier molecular flexibility index (Phi) is 7.41. The first-order chi connectivity index (χ1) is 12.3. The molecule has 0 aromatic carbocycles. The summed E-state index contributed by atoms with van der Waals surface area (Å²) in [5.74, 6) is 0. The minimum absolute atomic E-state index is 0.0994. The Labute approximate surface area is 154 Å². The van der Waals surface area contributed by atoms with Gasteiger partial charge in [0.15, 0.2) is 0 Å². The molecule has 0 radical (unpaired) electrons. The molecule has 0 amide bonds. The molecule has 2 rings (SSSR count). The van der Waals surface area contributed by atoms with Crippen molar-refractivity contribution in [2.45, 2.75) is 45.1 Å². The number of methoxy groups -OCH3 is 1. The molecule has 8 nitrogen and oxygen atoms in total. The van der Waals surface area contributed by atoms with E-state index in [-0.39, 0.29) is 16.7 Å². The van der Waals surface area contributed by atoms with E-state index in [1.54, 1.807) is 0 Å². The average Bonchev–Trinajstić information content (AvgIpc) is 2.56. The first-order valence-electron chi connectivity index (χ1n) is 7.18. The number of alkyl halides is 3. The highest BCUT2D eigenvalue weighted by molar-refractivity contribution is 8.00. The number of thioether (sulfide) groups is 2. The highest BCUT2D eigenvalue weighted by Gasteiger charge is 2.45. The van der Waals surface area contributed by atoms with E-state index in [9.17, 15) is 23.4 Å². The molecule has 1 aromatic heterocycles. The average molecular weight is 412 g/mol. The van der Waals surface area contributed by atoms with E-state index in [0.29, 0.717) is 4.90 Å². The van der Waals surface area contributed by atoms with Gasteiger partial charge in [-0.1, -0.05) is 16.9 Å². The predicted molar refractivity (Wildman–Crippen MR) is 87.5 cm³/mol. The summed E-state index contributed by atoms with van der Waals surface area (Å²) in [5, 5.41) is 23.0. The number of hydrogen-bond donors (Lipinski definition) is 2. The Morgan fingerprint density at radius 1 is 1.42 bits per heavy atom. The Balaban J connectivity index is 2.23. The van der Waals surface area contributed by atoms with Crippen LogP contribution in [-0.4, -0.2) is 64.2 Å². The summed E-state index contributed by atoms with van der Waals surface area (Å²) in [6.07, 6.45) is -0.769. The van der Waals surface area contributed by atoms with E-state index in [4.69, 9.17) is 15.0 Å². The first kappa shape index (κ1) is 21.1. The topological polar surface area (TPSA) is 121 Å². The van der Waals surface area contributed by atoms with E-state index >= 15 is 0 Å². The minimum Gasteiger partial charge on any atom is -0.394 e. The fourth-order valence-corrected chi connectivity index (χ4v) is 4.21. The highest BCUT2D eigenvalue weighted by atomic mass is 32.2. The summed E-state index contributed by atoms with van der Waals surface area (Å²) in [6, 6.07) is 0.252. The van der Waals surface area contributed by atoms with Crippen molar-refractivity contribution in [3.63, 3.8) is 0 Å². The number of aliphatic hydroxyl groups is 2. The van der Waals surface area contributed by atoms with E-state index in [1.807, 2.05) is 0 Å². The number of hydrogen-bond acceptors (Lipinski definition) is 8. The third kappa shape index (κ3) is 5.39. The largest absolute Gasteiger partial charge is 0.446 e. The molecule has 1 aliphatic heterocycles. The van der Waals surface area contributed by atoms with Crippen LogP contribution in [-0.2, 0) is 9.47 Å². The third-order valence-electron chi connectivity index (χ3n) is 3.46. The molecule has 2 unspecified atom stereocenters. The molecule has 5 atom stereocenters. The summed E-state index contributed by atoms with van der Waals surface area (Å²) in [7, 11) is 1.32. The Hall–Kier alpha value is -1.21. The maximum absolute atomic E-state index is 12.5. The second kappa shape index (κ2) is 9.13. The van der Waals surface area contributed by atoms with E-state index in [2.05, 4.69) is 15.0 Å². The van der Waals surface area contributed by atoms with E-state index in [1.165, 1.54) is 19.4 Å². The molecular weight excluding hydrogens is 397 g/mol. The van der Waals surface area contributed by atoms with Crippen LogP contribution in [0.5, 0.6) is 0 Å². The van der Waals surface area contributed by atoms with Crippen LogP contribution in [0.25, 0.3) is 10.4 Å². The summed E-state index contributed by atoms with van der Waals surface area (Å²) >= 11 is 0.695. The van der Waals surface area contributed by atoms with Gasteiger partial charge in [0.2, 0.25) is 0 Å². The quantitative estimate of drug-likeness (QED) is 0.319. The van der Waals surface area contributed by atoms with Crippen LogP contribution in [0, 0.1) is 0 Å². The summed E-state index contributed by atoms with van der Waals surface area (Å²) in [6.45, 7) is -0.533. The molecule has 2 heterocycles. The number of ether oxygens (including phenoxy) is 2. The van der Waals surface area contributed by atoms with Crippen molar-refractivity contribution in [1.82, 2.24) is 4.98 Å². The van der Waals surface area contributed by atoms with Crippen molar-refractivity contribution in [2.24, 2.45) is 5.11 Å². The SMILES string of the molecule is COC1[C@@H](Sc2cncc(SC(F)(F)F)c2)OC(CO)[C@H](O)[C@@H]1N=[N+]=[N-]. The van der Waals surface area contributed by atoms with Crippen molar-refractivity contribution in [2.75, 3.05) is 13.7 Å². The highest BCUT2D eigenvalue weighted by Crippen LogP contribution is 2.40. The van der Waals surface area contributed by atoms with Crippen molar-refractivity contribution in [1.29, 1.82) is 0 Å². The van der Waals surface area contributed by atoms with Gasteiger partial charge in [0.1, 0.15) is 17.6 Å². The number of aromatic nitrogens is 1. The van der Waals surface area contributed by atoms with Gasteiger partial charge in [-0.3, -0.25) is 4.98 Å². The smallest absolute Gasteiger partial charge is 0.394 e. The van der Waals surface area contributed by atoms with Gasteiger partial charge in [-0.25, -0.2) is 0 Å². The van der Waals surface area contributed by atoms with Crippen molar-refractivity contribution in [3.05, 3.63) is 28.9 Å². The summed E-state index contributed by atoms with van der Waals surface area (Å²) < 4.78 is 48.3. The number of rotatable bonds is 6. The number of pyridine rings is 1. The normalized spacial score (nSPS) is 29.2. The van der Waals surface area contributed by atoms with Gasteiger partial charge < -0.3 is 19.7 Å². The van der Waals surface area contributed by atoms with Crippen LogP contribution >= 0.6 is 23.5 Å². The number of aliphatic hydroxyl groups excluding tert-OH is 2. The fraction of sp³-hybridized carbons (Fsp3) is 0.615. The molecule has 26 heavy (non-hydrogen) atoms. The second-order valence-corrected chi connectivity index (χ2v) is 7.44. The summed E-state index contributed by atoms with van der Waals surface area (Å²) in [5.41, 5.74) is 3.40. The zero-order valence-corrected chi connectivity index (χ0v) is 14.9. The molecule has 144 valence electrons. The molecule has 1 aliphatic rings. The maximum atomic E-state index is 12.5. The molecule has 0 saturated carbocycles. The third-order valence-corrected chi connectivity index (χ3v) is 5.25. The van der Waals surface area contributed by atoms with Crippen molar-refractivity contribution < 1.29 is 32.9 Å². The Morgan fingerprint density at radius 2 is 2.12 bits per heavy atom. The lowest BCUT2D eigenvalue weighted by Gasteiger charge is -2.41. The number of azide groups is 1. The Morgan fingerprint density at radius 3 is 2.69 bits per heavy atom. The molecule has 0 aliphatic carbocycles. The lowest BCUT2D eigenvalue weighted by atomic mass is 9.98.